The van der Waals surface area contributed by atoms with Gasteiger partial charge in [-0.2, -0.15) is 0 Å². The standard InChI is InChI=1S/C25H45N3O2.C11H14O2/c1-8-24(6,7)20-10-13-25(14-11-20)26-21(27-15-17-30-18-16-27)22(29)28(25)19(2)9-12-23(3,4)5;1-8(2)13-11(12)10-6-4-9(3)5-7-10/h19-20H,8-18H2,1-7H3;4-8H,1-3H3. The molecule has 0 bridgehead atoms. The average Bonchev–Trinajstić information content (AvgIpc) is 3.23. The highest BCUT2D eigenvalue weighted by atomic mass is 16.5. The summed E-state index contributed by atoms with van der Waals surface area (Å²) in [7, 11) is 0. The molecule has 0 radical (unpaired) electrons. The number of hydrogen-bond acceptors (Lipinski definition) is 6. The Hall–Kier alpha value is -2.41. The van der Waals surface area contributed by atoms with Crippen molar-refractivity contribution in [2.75, 3.05) is 26.3 Å². The predicted molar refractivity (Wildman–Crippen MR) is 175 cm³/mol. The van der Waals surface area contributed by atoms with Gasteiger partial charge in [0.25, 0.3) is 5.91 Å². The number of nitrogens with zero attached hydrogens (tertiary/aromatic N) is 3. The smallest absolute Gasteiger partial charge is 0.338 e. The van der Waals surface area contributed by atoms with Crippen molar-refractivity contribution in [1.29, 1.82) is 0 Å². The van der Waals surface area contributed by atoms with E-state index in [-0.39, 0.29) is 35.1 Å². The minimum absolute atomic E-state index is 0.0613. The maximum atomic E-state index is 13.7. The predicted octanol–water partition coefficient (Wildman–Crippen LogP) is 7.66. The van der Waals surface area contributed by atoms with E-state index in [4.69, 9.17) is 14.5 Å². The third-order valence-corrected chi connectivity index (χ3v) is 9.67. The van der Waals surface area contributed by atoms with Crippen molar-refractivity contribution in [3.05, 3.63) is 35.4 Å². The van der Waals surface area contributed by atoms with Gasteiger partial charge in [-0.3, -0.25) is 4.79 Å². The van der Waals surface area contributed by atoms with Crippen LogP contribution in [0.5, 0.6) is 0 Å². The van der Waals surface area contributed by atoms with E-state index in [1.165, 1.54) is 6.42 Å². The molecule has 0 aromatic heterocycles. The number of rotatable bonds is 7. The van der Waals surface area contributed by atoms with E-state index in [0.717, 1.165) is 63.1 Å². The van der Waals surface area contributed by atoms with Crippen molar-refractivity contribution >= 4 is 17.7 Å². The van der Waals surface area contributed by atoms with E-state index in [0.29, 0.717) is 30.0 Å². The molecule has 1 aromatic rings. The number of amides is 1. The number of amidine groups is 1. The minimum Gasteiger partial charge on any atom is -0.459 e. The molecule has 1 atom stereocenters. The van der Waals surface area contributed by atoms with Crippen LogP contribution in [0.4, 0.5) is 0 Å². The normalized spacial score (nSPS) is 23.7. The third kappa shape index (κ3) is 9.29. The molecule has 1 saturated carbocycles. The van der Waals surface area contributed by atoms with Gasteiger partial charge in [0, 0.05) is 19.1 Å². The number of benzene rings is 1. The molecule has 7 nitrogen and oxygen atoms in total. The average molecular weight is 598 g/mol. The van der Waals surface area contributed by atoms with Crippen LogP contribution in [-0.4, -0.2) is 71.6 Å². The van der Waals surface area contributed by atoms with E-state index in [1.807, 2.05) is 32.9 Å². The van der Waals surface area contributed by atoms with Gasteiger partial charge < -0.3 is 19.3 Å². The van der Waals surface area contributed by atoms with Gasteiger partial charge in [0.2, 0.25) is 0 Å². The summed E-state index contributed by atoms with van der Waals surface area (Å²) in [6, 6.07) is 7.57. The van der Waals surface area contributed by atoms with Crippen molar-refractivity contribution in [2.24, 2.45) is 21.7 Å². The second kappa shape index (κ2) is 14.6. The van der Waals surface area contributed by atoms with E-state index in [2.05, 4.69) is 58.3 Å². The summed E-state index contributed by atoms with van der Waals surface area (Å²) in [5.41, 5.74) is 2.06. The highest BCUT2D eigenvalue weighted by molar-refractivity contribution is 6.39. The fourth-order valence-electron chi connectivity index (χ4n) is 6.43. The van der Waals surface area contributed by atoms with Crippen molar-refractivity contribution in [1.82, 2.24) is 9.80 Å². The van der Waals surface area contributed by atoms with Crippen LogP contribution in [0.25, 0.3) is 0 Å². The summed E-state index contributed by atoms with van der Waals surface area (Å²) in [5, 5.41) is 0. The Kier molecular flexibility index (Phi) is 11.9. The molecule has 43 heavy (non-hydrogen) atoms. The van der Waals surface area contributed by atoms with Crippen LogP contribution < -0.4 is 0 Å². The lowest BCUT2D eigenvalue weighted by Crippen LogP contribution is -2.55. The van der Waals surface area contributed by atoms with E-state index >= 15 is 0 Å². The molecular formula is C36H59N3O4. The van der Waals surface area contributed by atoms with Crippen molar-refractivity contribution < 1.29 is 19.1 Å². The Morgan fingerprint density at radius 2 is 1.63 bits per heavy atom. The van der Waals surface area contributed by atoms with Crippen LogP contribution in [0.1, 0.15) is 123 Å². The second-order valence-electron chi connectivity index (χ2n) is 15.1. The molecule has 1 amide bonds. The number of aryl methyl sites for hydroxylation is 1. The Bertz CT molecular complexity index is 1090. The molecule has 4 rings (SSSR count). The molecule has 2 heterocycles. The van der Waals surface area contributed by atoms with Crippen molar-refractivity contribution in [3.63, 3.8) is 0 Å². The molecule has 1 spiro atoms. The molecule has 1 aliphatic carbocycles. The van der Waals surface area contributed by atoms with Crippen LogP contribution in [0, 0.1) is 23.7 Å². The van der Waals surface area contributed by atoms with Crippen molar-refractivity contribution in [2.45, 2.75) is 132 Å². The quantitative estimate of drug-likeness (QED) is 0.302. The Morgan fingerprint density at radius 1 is 1.05 bits per heavy atom. The van der Waals surface area contributed by atoms with Gasteiger partial charge in [0.05, 0.1) is 24.9 Å². The fourth-order valence-corrected chi connectivity index (χ4v) is 6.43. The topological polar surface area (TPSA) is 71.4 Å². The minimum atomic E-state index is -0.331. The van der Waals surface area contributed by atoms with Gasteiger partial charge in [-0.1, -0.05) is 65.7 Å². The first-order chi connectivity index (χ1) is 20.1. The van der Waals surface area contributed by atoms with E-state index in [9.17, 15) is 9.59 Å². The van der Waals surface area contributed by atoms with Crippen LogP contribution in [0.15, 0.2) is 29.3 Å². The number of aliphatic imine (C=N–C) groups is 1. The van der Waals surface area contributed by atoms with Gasteiger partial charge in [-0.25, -0.2) is 9.79 Å². The van der Waals surface area contributed by atoms with E-state index in [1.54, 1.807) is 12.1 Å². The maximum Gasteiger partial charge on any atom is 0.338 e. The zero-order chi connectivity index (χ0) is 32.0. The first-order valence-corrected chi connectivity index (χ1v) is 16.6. The summed E-state index contributed by atoms with van der Waals surface area (Å²) < 4.78 is 10.6. The molecule has 1 unspecified atom stereocenters. The van der Waals surface area contributed by atoms with Gasteiger partial charge in [-0.15, -0.1) is 0 Å². The van der Waals surface area contributed by atoms with Gasteiger partial charge >= 0.3 is 5.97 Å². The monoisotopic (exact) mass is 597 g/mol. The number of ether oxygens (including phenoxy) is 2. The second-order valence-corrected chi connectivity index (χ2v) is 15.1. The van der Waals surface area contributed by atoms with Crippen LogP contribution in [0.3, 0.4) is 0 Å². The molecular weight excluding hydrogens is 538 g/mol. The summed E-state index contributed by atoms with van der Waals surface area (Å²) in [4.78, 5) is 34.6. The lowest BCUT2D eigenvalue weighted by Gasteiger charge is -2.47. The summed E-state index contributed by atoms with van der Waals surface area (Å²) >= 11 is 0. The van der Waals surface area contributed by atoms with Crippen molar-refractivity contribution in [3.8, 4) is 0 Å². The Morgan fingerprint density at radius 3 is 2.14 bits per heavy atom. The molecule has 7 heteroatoms. The number of carbonyl (C=O) groups excluding carboxylic acids is 2. The SMILES string of the molecule is CCC(C)(C)C1CCC2(CC1)N=C(N1CCOCC1)C(=O)N2C(C)CCC(C)(C)C.Cc1ccc(C(=O)OC(C)C)cc1. The summed E-state index contributed by atoms with van der Waals surface area (Å²) in [5.74, 6) is 1.33. The maximum absolute atomic E-state index is 13.7. The number of hydrogen-bond donors (Lipinski definition) is 0. The van der Waals surface area contributed by atoms with Gasteiger partial charge in [0.15, 0.2) is 5.84 Å². The fraction of sp³-hybridized carbons (Fsp3) is 0.750. The molecule has 242 valence electrons. The Balaban J connectivity index is 0.000000326. The van der Waals surface area contributed by atoms with Crippen LogP contribution >= 0.6 is 0 Å². The molecule has 0 N–H and O–H groups in total. The highest BCUT2D eigenvalue weighted by Gasteiger charge is 2.52. The van der Waals surface area contributed by atoms with Gasteiger partial charge in [0.1, 0.15) is 5.66 Å². The highest BCUT2D eigenvalue weighted by Crippen LogP contribution is 2.48. The molecule has 2 fully saturated rings. The molecule has 2 aliphatic heterocycles. The number of esters is 1. The molecule has 1 saturated heterocycles. The third-order valence-electron chi connectivity index (χ3n) is 9.67. The number of morpholine rings is 1. The summed E-state index contributed by atoms with van der Waals surface area (Å²) in [6.45, 7) is 24.8. The first-order valence-electron chi connectivity index (χ1n) is 16.6. The first kappa shape index (κ1) is 35.1. The summed E-state index contributed by atoms with van der Waals surface area (Å²) in [6.07, 6.45) is 7.62. The Labute approximate surface area is 261 Å². The lowest BCUT2D eigenvalue weighted by atomic mass is 9.67. The lowest BCUT2D eigenvalue weighted by molar-refractivity contribution is -0.133. The number of carbonyl (C=O) groups is 2. The van der Waals surface area contributed by atoms with Crippen LogP contribution in [-0.2, 0) is 14.3 Å². The zero-order valence-corrected chi connectivity index (χ0v) is 28.8. The van der Waals surface area contributed by atoms with E-state index < -0.39 is 0 Å². The van der Waals surface area contributed by atoms with Crippen LogP contribution in [0.2, 0.25) is 0 Å². The molecule has 1 aromatic carbocycles. The largest absolute Gasteiger partial charge is 0.459 e. The zero-order valence-electron chi connectivity index (χ0n) is 28.8. The van der Waals surface area contributed by atoms with Gasteiger partial charge in [-0.05, 0) is 95.1 Å². The molecule has 3 aliphatic rings.